The number of aromatic nitrogens is 1. The smallest absolute Gasteiger partial charge is 0.256 e. The summed E-state index contributed by atoms with van der Waals surface area (Å²) < 4.78 is 6.64. The number of carbonyl (C=O) groups excluding carboxylic acids is 1. The highest BCUT2D eigenvalue weighted by atomic mass is 79.9. The van der Waals surface area contributed by atoms with Crippen LogP contribution in [0, 0.1) is 5.92 Å². The number of nitrogens with one attached hydrogen (secondary N) is 1. The number of ether oxygens (including phenoxy) is 1. The van der Waals surface area contributed by atoms with Crippen LogP contribution in [0.3, 0.4) is 0 Å². The number of benzene rings is 1. The molecule has 1 aliphatic carbocycles. The summed E-state index contributed by atoms with van der Waals surface area (Å²) in [7, 11) is 0. The molecule has 0 bridgehead atoms. The summed E-state index contributed by atoms with van der Waals surface area (Å²) in [4.78, 5) is 16.5. The second kappa shape index (κ2) is 7.10. The minimum absolute atomic E-state index is 0.0186. The Labute approximate surface area is 143 Å². The van der Waals surface area contributed by atoms with Gasteiger partial charge in [0.1, 0.15) is 11.3 Å². The van der Waals surface area contributed by atoms with Crippen LogP contribution in [0.1, 0.15) is 23.2 Å². The molecule has 1 aliphatic rings. The van der Waals surface area contributed by atoms with E-state index in [1.807, 2.05) is 24.3 Å². The molecule has 120 valence electrons. The lowest BCUT2D eigenvalue weighted by Gasteiger charge is -2.13. The molecule has 0 radical (unpaired) electrons. The summed E-state index contributed by atoms with van der Waals surface area (Å²) in [6.07, 6.45) is 3.91. The van der Waals surface area contributed by atoms with Crippen molar-refractivity contribution < 1.29 is 9.53 Å². The topological polar surface area (TPSA) is 77.2 Å². The van der Waals surface area contributed by atoms with E-state index in [2.05, 4.69) is 26.2 Å². The van der Waals surface area contributed by atoms with E-state index < -0.39 is 0 Å². The Morgan fingerprint density at radius 3 is 2.96 bits per heavy atom. The molecule has 3 rings (SSSR count). The van der Waals surface area contributed by atoms with Gasteiger partial charge >= 0.3 is 0 Å². The second-order valence-electron chi connectivity index (χ2n) is 5.63. The highest BCUT2D eigenvalue weighted by Gasteiger charge is 2.28. The van der Waals surface area contributed by atoms with Crippen molar-refractivity contribution in [1.82, 2.24) is 10.3 Å². The monoisotopic (exact) mass is 375 g/mol. The molecule has 0 spiro atoms. The Morgan fingerprint density at radius 2 is 2.22 bits per heavy atom. The maximum atomic E-state index is 12.4. The Hall–Kier alpha value is -1.92. The van der Waals surface area contributed by atoms with Crippen LogP contribution in [-0.2, 0) is 0 Å². The minimum atomic E-state index is -0.223. The van der Waals surface area contributed by atoms with E-state index in [4.69, 9.17) is 10.5 Å². The van der Waals surface area contributed by atoms with Crippen LogP contribution in [0.2, 0.25) is 0 Å². The van der Waals surface area contributed by atoms with Crippen molar-refractivity contribution in [1.29, 1.82) is 0 Å². The first-order valence-corrected chi connectivity index (χ1v) is 8.35. The number of hydrogen-bond donors (Lipinski definition) is 2. The molecule has 5 nitrogen and oxygen atoms in total. The van der Waals surface area contributed by atoms with Gasteiger partial charge in [-0.2, -0.15) is 0 Å². The maximum Gasteiger partial charge on any atom is 0.256 e. The van der Waals surface area contributed by atoms with Gasteiger partial charge in [0.15, 0.2) is 0 Å². The number of carbonyl (C=O) groups is 1. The first-order chi connectivity index (χ1) is 11.1. The van der Waals surface area contributed by atoms with Crippen molar-refractivity contribution in [3.8, 4) is 11.6 Å². The molecular weight excluding hydrogens is 358 g/mol. The standard InChI is InChI=1S/C17H18BrN3O2/c18-12-3-1-4-13(9-12)23-17-14(5-2-8-20-17)16(22)21-10-15(19)11-6-7-11/h1-5,8-9,11,15H,6-7,10,19H2,(H,21,22). The molecular formula is C17H18BrN3O2. The van der Waals surface area contributed by atoms with E-state index in [1.165, 1.54) is 0 Å². The summed E-state index contributed by atoms with van der Waals surface area (Å²) >= 11 is 3.39. The second-order valence-corrected chi connectivity index (χ2v) is 6.54. The average Bonchev–Trinajstić information content (AvgIpc) is 3.38. The zero-order chi connectivity index (χ0) is 16.2. The largest absolute Gasteiger partial charge is 0.438 e. The summed E-state index contributed by atoms with van der Waals surface area (Å²) in [5.41, 5.74) is 6.42. The van der Waals surface area contributed by atoms with Gasteiger partial charge in [-0.1, -0.05) is 22.0 Å². The van der Waals surface area contributed by atoms with Gasteiger partial charge in [0.2, 0.25) is 5.88 Å². The molecule has 23 heavy (non-hydrogen) atoms. The summed E-state index contributed by atoms with van der Waals surface area (Å²) in [6.45, 7) is 0.467. The number of nitrogens with zero attached hydrogens (tertiary/aromatic N) is 1. The number of hydrogen-bond acceptors (Lipinski definition) is 4. The van der Waals surface area contributed by atoms with Gasteiger partial charge in [-0.05, 0) is 49.1 Å². The number of pyridine rings is 1. The van der Waals surface area contributed by atoms with Crippen molar-refractivity contribution in [2.24, 2.45) is 11.7 Å². The molecule has 0 aliphatic heterocycles. The summed E-state index contributed by atoms with van der Waals surface area (Å²) in [5.74, 6) is 1.21. The normalized spacial score (nSPS) is 15.0. The molecule has 6 heteroatoms. The van der Waals surface area contributed by atoms with Crippen molar-refractivity contribution in [2.75, 3.05) is 6.54 Å². The first-order valence-electron chi connectivity index (χ1n) is 7.55. The van der Waals surface area contributed by atoms with Gasteiger partial charge in [-0.15, -0.1) is 0 Å². The van der Waals surface area contributed by atoms with E-state index in [0.29, 0.717) is 23.8 Å². The van der Waals surface area contributed by atoms with E-state index in [9.17, 15) is 4.79 Å². The van der Waals surface area contributed by atoms with Gasteiger partial charge in [0, 0.05) is 23.3 Å². The minimum Gasteiger partial charge on any atom is -0.438 e. The SMILES string of the molecule is NC(CNC(=O)c1cccnc1Oc1cccc(Br)c1)C1CC1. The maximum absolute atomic E-state index is 12.4. The van der Waals surface area contributed by atoms with Gasteiger partial charge in [-0.3, -0.25) is 4.79 Å². The van der Waals surface area contributed by atoms with Crippen molar-refractivity contribution in [3.05, 3.63) is 52.6 Å². The molecule has 1 amide bonds. The highest BCUT2D eigenvalue weighted by molar-refractivity contribution is 9.10. The molecule has 1 atom stereocenters. The van der Waals surface area contributed by atoms with Crippen molar-refractivity contribution >= 4 is 21.8 Å². The molecule has 1 aromatic heterocycles. The van der Waals surface area contributed by atoms with Crippen molar-refractivity contribution in [3.63, 3.8) is 0 Å². The molecule has 2 aromatic rings. The average molecular weight is 376 g/mol. The van der Waals surface area contributed by atoms with E-state index >= 15 is 0 Å². The van der Waals surface area contributed by atoms with Gasteiger partial charge in [-0.25, -0.2) is 4.98 Å². The third kappa shape index (κ3) is 4.30. The van der Waals surface area contributed by atoms with Crippen LogP contribution in [0.5, 0.6) is 11.6 Å². The molecule has 1 aromatic carbocycles. The van der Waals surface area contributed by atoms with E-state index in [-0.39, 0.29) is 17.8 Å². The van der Waals surface area contributed by atoms with Gasteiger partial charge in [0.25, 0.3) is 5.91 Å². The highest BCUT2D eigenvalue weighted by Crippen LogP contribution is 2.31. The number of amides is 1. The number of nitrogens with two attached hydrogens (primary N) is 1. The molecule has 0 saturated heterocycles. The molecule has 1 saturated carbocycles. The molecule has 3 N–H and O–H groups in total. The molecule has 1 heterocycles. The fourth-order valence-electron chi connectivity index (χ4n) is 2.28. The van der Waals surface area contributed by atoms with Crippen LogP contribution >= 0.6 is 15.9 Å². The van der Waals surface area contributed by atoms with E-state index in [0.717, 1.165) is 17.3 Å². The quantitative estimate of drug-likeness (QED) is 0.812. The van der Waals surface area contributed by atoms with Crippen LogP contribution < -0.4 is 15.8 Å². The van der Waals surface area contributed by atoms with Gasteiger partial charge in [0.05, 0.1) is 0 Å². The number of halogens is 1. The summed E-state index contributed by atoms with van der Waals surface area (Å²) in [5, 5.41) is 2.86. The Morgan fingerprint density at radius 1 is 1.39 bits per heavy atom. The fraction of sp³-hybridized carbons (Fsp3) is 0.294. The lowest BCUT2D eigenvalue weighted by atomic mass is 10.2. The zero-order valence-electron chi connectivity index (χ0n) is 12.5. The summed E-state index contributed by atoms with van der Waals surface area (Å²) in [6, 6.07) is 10.8. The molecule has 1 fully saturated rings. The lowest BCUT2D eigenvalue weighted by Crippen LogP contribution is -2.38. The Bertz CT molecular complexity index is 704. The third-order valence-corrected chi connectivity index (χ3v) is 4.25. The van der Waals surface area contributed by atoms with E-state index in [1.54, 1.807) is 18.3 Å². The Kier molecular flexibility index (Phi) is 4.93. The zero-order valence-corrected chi connectivity index (χ0v) is 14.1. The van der Waals surface area contributed by atoms with Crippen LogP contribution in [0.25, 0.3) is 0 Å². The van der Waals surface area contributed by atoms with Crippen LogP contribution in [0.15, 0.2) is 47.1 Å². The Balaban J connectivity index is 1.70. The third-order valence-electron chi connectivity index (χ3n) is 3.75. The van der Waals surface area contributed by atoms with Crippen LogP contribution in [0.4, 0.5) is 0 Å². The predicted octanol–water partition coefficient (Wildman–Crippen LogP) is 3.10. The molecule has 1 unspecified atom stereocenters. The fourth-order valence-corrected chi connectivity index (χ4v) is 2.66. The lowest BCUT2D eigenvalue weighted by molar-refractivity contribution is 0.0947. The van der Waals surface area contributed by atoms with Crippen molar-refractivity contribution in [2.45, 2.75) is 18.9 Å². The van der Waals surface area contributed by atoms with Crippen LogP contribution in [-0.4, -0.2) is 23.5 Å². The number of rotatable bonds is 6. The van der Waals surface area contributed by atoms with Gasteiger partial charge < -0.3 is 15.8 Å². The first kappa shape index (κ1) is 16.0. The predicted molar refractivity (Wildman–Crippen MR) is 91.5 cm³/mol.